The van der Waals surface area contributed by atoms with Crippen molar-refractivity contribution in [2.45, 2.75) is 341 Å². The van der Waals surface area contributed by atoms with E-state index in [0.29, 0.717) is 25.9 Å². The van der Waals surface area contributed by atoms with Crippen molar-refractivity contribution in [3.05, 3.63) is 36.5 Å². The van der Waals surface area contributed by atoms with Gasteiger partial charge in [-0.05, 0) is 83.5 Å². The van der Waals surface area contributed by atoms with Crippen LogP contribution in [0.15, 0.2) is 36.5 Å². The molecule has 2 unspecified atom stereocenters. The van der Waals surface area contributed by atoms with Gasteiger partial charge in [0.05, 0.1) is 25.4 Å². The van der Waals surface area contributed by atoms with Crippen LogP contribution in [0.25, 0.3) is 0 Å². The molecule has 0 heterocycles. The summed E-state index contributed by atoms with van der Waals surface area (Å²) in [6.45, 7) is 4.92. The molecular weight excluding hydrogens is 851 g/mol. The normalized spacial score (nSPS) is 12.8. The van der Waals surface area contributed by atoms with Crippen LogP contribution in [0.1, 0.15) is 328 Å². The van der Waals surface area contributed by atoms with Crippen LogP contribution in [0.4, 0.5) is 0 Å². The van der Waals surface area contributed by atoms with E-state index in [1.807, 2.05) is 0 Å². The lowest BCUT2D eigenvalue weighted by Gasteiger charge is -2.22. The van der Waals surface area contributed by atoms with Crippen LogP contribution in [-0.4, -0.2) is 47.4 Å². The van der Waals surface area contributed by atoms with Gasteiger partial charge in [0.15, 0.2) is 0 Å². The highest BCUT2D eigenvalue weighted by Gasteiger charge is 2.20. The molecule has 0 aromatic heterocycles. The van der Waals surface area contributed by atoms with Crippen molar-refractivity contribution in [2.75, 3.05) is 13.2 Å². The molecule has 0 radical (unpaired) electrons. The summed E-state index contributed by atoms with van der Waals surface area (Å²) in [6, 6.07) is -0.540. The quantitative estimate of drug-likeness (QED) is 0.0321. The largest absolute Gasteiger partial charge is 0.466 e. The van der Waals surface area contributed by atoms with E-state index in [1.54, 1.807) is 0 Å². The Balaban J connectivity index is 3.36. The van der Waals surface area contributed by atoms with Crippen molar-refractivity contribution in [1.29, 1.82) is 0 Å². The molecule has 0 aromatic carbocycles. The molecule has 2 atom stereocenters. The van der Waals surface area contributed by atoms with Gasteiger partial charge in [0.1, 0.15) is 0 Å². The molecule has 0 bridgehead atoms. The van der Waals surface area contributed by atoms with Crippen molar-refractivity contribution in [3.8, 4) is 0 Å². The van der Waals surface area contributed by atoms with E-state index < -0.39 is 12.1 Å². The second kappa shape index (κ2) is 58.6. The lowest BCUT2D eigenvalue weighted by Crippen LogP contribution is -2.45. The Morgan fingerprint density at radius 3 is 1.13 bits per heavy atom. The number of carbonyl (C=O) groups excluding carboxylic acids is 2. The standard InChI is InChI=1S/C63H119NO5/c1-3-5-7-9-11-13-14-15-16-31-34-37-41-45-49-53-57-63(68)69-58-54-50-46-42-38-35-32-29-27-25-23-21-19-17-18-20-22-24-26-28-30-33-36-40-44-48-52-56-62(67)64-60(59-65)61(66)55-51-47-43-39-12-10-8-6-4-2/h13-14,16-18,31,60-61,65-66H,3-12,15,19-30,32-59H2,1-2H3,(H,64,67)/b14-13-,18-17-,31-16-. The smallest absolute Gasteiger partial charge is 0.305 e. The van der Waals surface area contributed by atoms with E-state index in [1.165, 1.54) is 244 Å². The van der Waals surface area contributed by atoms with Crippen LogP contribution in [0.2, 0.25) is 0 Å². The maximum atomic E-state index is 12.4. The van der Waals surface area contributed by atoms with Crippen LogP contribution in [0.3, 0.4) is 0 Å². The van der Waals surface area contributed by atoms with Gasteiger partial charge in [-0.1, -0.05) is 269 Å². The number of esters is 1. The number of hydrogen-bond acceptors (Lipinski definition) is 5. The molecule has 6 nitrogen and oxygen atoms in total. The molecule has 0 rings (SSSR count). The Morgan fingerprint density at radius 2 is 0.725 bits per heavy atom. The lowest BCUT2D eigenvalue weighted by molar-refractivity contribution is -0.143. The van der Waals surface area contributed by atoms with Gasteiger partial charge in [0, 0.05) is 12.8 Å². The molecular formula is C63H119NO5. The maximum Gasteiger partial charge on any atom is 0.305 e. The summed E-state index contributed by atoms with van der Waals surface area (Å²) in [6.07, 6.45) is 73.1. The predicted molar refractivity (Wildman–Crippen MR) is 301 cm³/mol. The summed E-state index contributed by atoms with van der Waals surface area (Å²) < 4.78 is 5.48. The molecule has 6 heteroatoms. The number of nitrogens with one attached hydrogen (secondary N) is 1. The molecule has 0 fully saturated rings. The number of hydrogen-bond donors (Lipinski definition) is 3. The third-order valence-corrected chi connectivity index (χ3v) is 14.2. The molecule has 406 valence electrons. The average molecular weight is 971 g/mol. The van der Waals surface area contributed by atoms with E-state index >= 15 is 0 Å². The molecule has 0 saturated carbocycles. The average Bonchev–Trinajstić information content (AvgIpc) is 3.35. The minimum absolute atomic E-state index is 0.00143. The molecule has 0 spiro atoms. The van der Waals surface area contributed by atoms with E-state index in [2.05, 4.69) is 55.6 Å². The molecule has 1 amide bonds. The van der Waals surface area contributed by atoms with Gasteiger partial charge in [-0.15, -0.1) is 0 Å². The van der Waals surface area contributed by atoms with Gasteiger partial charge in [0.2, 0.25) is 5.91 Å². The van der Waals surface area contributed by atoms with Crippen molar-refractivity contribution < 1.29 is 24.5 Å². The second-order valence-electron chi connectivity index (χ2n) is 21.0. The summed E-state index contributed by atoms with van der Waals surface area (Å²) in [4.78, 5) is 24.5. The van der Waals surface area contributed by atoms with Gasteiger partial charge in [-0.25, -0.2) is 0 Å². The zero-order valence-corrected chi connectivity index (χ0v) is 46.3. The SMILES string of the molecule is CCCCCC/C=C\C/C=C\CCCCCCCC(=O)OCCCCCCCCCCCCCC/C=C\CCCCCCCCCCCCCC(=O)NC(CO)C(O)CCCCCCCCCCC. The number of allylic oxidation sites excluding steroid dienone is 6. The van der Waals surface area contributed by atoms with Gasteiger partial charge in [-0.2, -0.15) is 0 Å². The molecule has 0 saturated heterocycles. The van der Waals surface area contributed by atoms with E-state index in [4.69, 9.17) is 4.74 Å². The summed E-state index contributed by atoms with van der Waals surface area (Å²) in [5.74, 6) is -0.0365. The zero-order chi connectivity index (χ0) is 50.0. The topological polar surface area (TPSA) is 95.9 Å². The van der Waals surface area contributed by atoms with Crippen molar-refractivity contribution in [1.82, 2.24) is 5.32 Å². The molecule has 0 aliphatic rings. The fourth-order valence-corrected chi connectivity index (χ4v) is 9.43. The number of rotatable bonds is 57. The first-order chi connectivity index (χ1) is 34.0. The Labute approximate surface area is 430 Å². The highest BCUT2D eigenvalue weighted by Crippen LogP contribution is 2.17. The highest BCUT2D eigenvalue weighted by atomic mass is 16.5. The Morgan fingerprint density at radius 1 is 0.406 bits per heavy atom. The Kier molecular flexibility index (Phi) is 57.0. The zero-order valence-electron chi connectivity index (χ0n) is 46.3. The molecule has 0 aromatic rings. The molecule has 0 aliphatic carbocycles. The second-order valence-corrected chi connectivity index (χ2v) is 21.0. The minimum atomic E-state index is -0.662. The number of carbonyl (C=O) groups is 2. The Hall–Kier alpha value is -1.92. The fourth-order valence-electron chi connectivity index (χ4n) is 9.43. The monoisotopic (exact) mass is 970 g/mol. The number of amides is 1. The highest BCUT2D eigenvalue weighted by molar-refractivity contribution is 5.76. The molecule has 0 aliphatic heterocycles. The summed E-state index contributed by atoms with van der Waals surface area (Å²) in [5, 5.41) is 23.1. The van der Waals surface area contributed by atoms with E-state index in [0.717, 1.165) is 51.4 Å². The molecule has 3 N–H and O–H groups in total. The van der Waals surface area contributed by atoms with Gasteiger partial charge < -0.3 is 20.3 Å². The predicted octanol–water partition coefficient (Wildman–Crippen LogP) is 19.2. The maximum absolute atomic E-state index is 12.4. The van der Waals surface area contributed by atoms with Crippen LogP contribution in [-0.2, 0) is 14.3 Å². The van der Waals surface area contributed by atoms with Crippen molar-refractivity contribution >= 4 is 11.9 Å². The van der Waals surface area contributed by atoms with Gasteiger partial charge in [-0.3, -0.25) is 9.59 Å². The number of aliphatic hydroxyl groups is 2. The van der Waals surface area contributed by atoms with Crippen LogP contribution < -0.4 is 5.32 Å². The first-order valence-electron chi connectivity index (χ1n) is 30.7. The number of ether oxygens (including phenoxy) is 1. The third kappa shape index (κ3) is 55.2. The first kappa shape index (κ1) is 67.1. The van der Waals surface area contributed by atoms with Crippen LogP contribution in [0, 0.1) is 0 Å². The van der Waals surface area contributed by atoms with Crippen LogP contribution >= 0.6 is 0 Å². The van der Waals surface area contributed by atoms with Crippen molar-refractivity contribution in [3.63, 3.8) is 0 Å². The van der Waals surface area contributed by atoms with Crippen LogP contribution in [0.5, 0.6) is 0 Å². The fraction of sp³-hybridized carbons (Fsp3) is 0.873. The van der Waals surface area contributed by atoms with Crippen molar-refractivity contribution in [2.24, 2.45) is 0 Å². The van der Waals surface area contributed by atoms with Gasteiger partial charge in [0.25, 0.3) is 0 Å². The number of aliphatic hydroxyl groups excluding tert-OH is 2. The first-order valence-corrected chi connectivity index (χ1v) is 30.7. The Bertz CT molecular complexity index is 1120. The minimum Gasteiger partial charge on any atom is -0.466 e. The molecule has 69 heavy (non-hydrogen) atoms. The number of unbranched alkanes of at least 4 members (excludes halogenated alkanes) is 40. The summed E-state index contributed by atoms with van der Waals surface area (Å²) in [7, 11) is 0. The third-order valence-electron chi connectivity index (χ3n) is 14.2. The summed E-state index contributed by atoms with van der Waals surface area (Å²) >= 11 is 0. The summed E-state index contributed by atoms with van der Waals surface area (Å²) in [5.41, 5.74) is 0. The van der Waals surface area contributed by atoms with Gasteiger partial charge >= 0.3 is 5.97 Å². The van der Waals surface area contributed by atoms with E-state index in [-0.39, 0.29) is 18.5 Å². The van der Waals surface area contributed by atoms with E-state index in [9.17, 15) is 19.8 Å². The lowest BCUT2D eigenvalue weighted by atomic mass is 10.0.